The number of rotatable bonds is 5. The third kappa shape index (κ3) is 3.11. The molecule has 0 saturated carbocycles. The fraction of sp³-hybridized carbons (Fsp3) is 0.467. The van der Waals surface area contributed by atoms with Crippen LogP contribution in [-0.4, -0.2) is 39.5 Å². The van der Waals surface area contributed by atoms with Crippen LogP contribution in [0.15, 0.2) is 24.3 Å². The fourth-order valence-electron chi connectivity index (χ4n) is 2.84. The van der Waals surface area contributed by atoms with E-state index in [4.69, 9.17) is 5.73 Å². The number of halogens is 1. The summed E-state index contributed by atoms with van der Waals surface area (Å²) in [6.07, 6.45) is 2.53. The first-order valence-electron chi connectivity index (χ1n) is 7.38. The third-order valence-corrected chi connectivity index (χ3v) is 3.92. The molecule has 3 rings (SSSR count). The molecule has 0 radical (unpaired) electrons. The molecule has 6 heteroatoms. The third-order valence-electron chi connectivity index (χ3n) is 3.92. The van der Waals surface area contributed by atoms with E-state index in [1.54, 1.807) is 6.07 Å². The molecule has 2 N–H and O–H groups in total. The van der Waals surface area contributed by atoms with E-state index >= 15 is 0 Å². The Morgan fingerprint density at radius 2 is 2.00 bits per heavy atom. The lowest BCUT2D eigenvalue weighted by Crippen LogP contribution is -2.24. The van der Waals surface area contributed by atoms with Crippen molar-refractivity contribution in [3.05, 3.63) is 35.8 Å². The zero-order valence-corrected chi connectivity index (χ0v) is 12.0. The molecule has 2 aromatic rings. The first kappa shape index (κ1) is 14.2. The molecule has 0 bridgehead atoms. The highest BCUT2D eigenvalue weighted by Gasteiger charge is 2.16. The number of likely N-dealkylation sites (tertiary alicyclic amines) is 1. The minimum absolute atomic E-state index is 0.261. The molecule has 21 heavy (non-hydrogen) atoms. The monoisotopic (exact) mass is 289 g/mol. The SMILES string of the molecule is NCc1nnn(CCN2CCCC2)c1-c1cccc(F)c1. The van der Waals surface area contributed by atoms with Gasteiger partial charge in [0.25, 0.3) is 0 Å². The maximum absolute atomic E-state index is 13.5. The molecule has 2 heterocycles. The Balaban J connectivity index is 1.85. The van der Waals surface area contributed by atoms with Gasteiger partial charge in [0.1, 0.15) is 11.5 Å². The second-order valence-electron chi connectivity index (χ2n) is 5.37. The molecule has 1 fully saturated rings. The molecule has 1 aromatic heterocycles. The van der Waals surface area contributed by atoms with Gasteiger partial charge in [0.05, 0.1) is 12.2 Å². The van der Waals surface area contributed by atoms with Gasteiger partial charge in [0.2, 0.25) is 0 Å². The molecule has 1 aromatic carbocycles. The molecule has 1 aliphatic rings. The molecular weight excluding hydrogens is 269 g/mol. The minimum Gasteiger partial charge on any atom is -0.325 e. The van der Waals surface area contributed by atoms with Crippen LogP contribution in [0.4, 0.5) is 4.39 Å². The van der Waals surface area contributed by atoms with Crippen molar-refractivity contribution in [1.82, 2.24) is 19.9 Å². The van der Waals surface area contributed by atoms with Gasteiger partial charge in [-0.3, -0.25) is 0 Å². The second-order valence-corrected chi connectivity index (χ2v) is 5.37. The second kappa shape index (κ2) is 6.32. The molecule has 0 aliphatic carbocycles. The molecular formula is C15H20FN5. The Kier molecular flexibility index (Phi) is 4.26. The normalized spacial score (nSPS) is 15.7. The molecule has 112 valence electrons. The Morgan fingerprint density at radius 3 is 2.71 bits per heavy atom. The summed E-state index contributed by atoms with van der Waals surface area (Å²) in [6, 6.07) is 6.50. The first-order chi connectivity index (χ1) is 10.3. The van der Waals surface area contributed by atoms with Gasteiger partial charge < -0.3 is 10.6 Å². The lowest BCUT2D eigenvalue weighted by molar-refractivity contribution is 0.315. The number of benzene rings is 1. The quantitative estimate of drug-likeness (QED) is 0.909. The average molecular weight is 289 g/mol. The molecule has 0 atom stereocenters. The van der Waals surface area contributed by atoms with Crippen LogP contribution in [-0.2, 0) is 13.1 Å². The maximum atomic E-state index is 13.5. The van der Waals surface area contributed by atoms with Crippen molar-refractivity contribution < 1.29 is 4.39 Å². The standard InChI is InChI=1S/C15H20FN5/c16-13-5-3-4-12(10-13)15-14(11-17)18-19-21(15)9-8-20-6-1-2-7-20/h3-5,10H,1-2,6-9,11,17H2. The Bertz CT molecular complexity index is 604. The van der Waals surface area contributed by atoms with E-state index in [-0.39, 0.29) is 5.82 Å². The Morgan fingerprint density at radius 1 is 1.19 bits per heavy atom. The number of aromatic nitrogens is 3. The number of hydrogen-bond acceptors (Lipinski definition) is 4. The predicted octanol–water partition coefficient (Wildman–Crippen LogP) is 1.64. The van der Waals surface area contributed by atoms with E-state index in [0.29, 0.717) is 12.2 Å². The summed E-state index contributed by atoms with van der Waals surface area (Å²) < 4.78 is 15.3. The number of hydrogen-bond donors (Lipinski definition) is 1. The highest BCUT2D eigenvalue weighted by molar-refractivity contribution is 5.61. The van der Waals surface area contributed by atoms with Crippen LogP contribution in [0.2, 0.25) is 0 Å². The van der Waals surface area contributed by atoms with Crippen molar-refractivity contribution in [1.29, 1.82) is 0 Å². The van der Waals surface area contributed by atoms with Crippen LogP contribution in [0.1, 0.15) is 18.5 Å². The molecule has 0 amide bonds. The zero-order valence-electron chi connectivity index (χ0n) is 12.0. The van der Waals surface area contributed by atoms with Crippen molar-refractivity contribution >= 4 is 0 Å². The summed E-state index contributed by atoms with van der Waals surface area (Å²) in [5.41, 5.74) is 8.06. The van der Waals surface area contributed by atoms with E-state index < -0.39 is 0 Å². The fourth-order valence-corrected chi connectivity index (χ4v) is 2.84. The van der Waals surface area contributed by atoms with Crippen molar-refractivity contribution in [2.45, 2.75) is 25.9 Å². The van der Waals surface area contributed by atoms with E-state index in [1.807, 2.05) is 10.7 Å². The van der Waals surface area contributed by atoms with E-state index in [2.05, 4.69) is 15.2 Å². The Hall–Kier alpha value is -1.79. The lowest BCUT2D eigenvalue weighted by Gasteiger charge is -2.15. The summed E-state index contributed by atoms with van der Waals surface area (Å²) >= 11 is 0. The van der Waals surface area contributed by atoms with E-state index in [0.717, 1.165) is 37.4 Å². The zero-order chi connectivity index (χ0) is 14.7. The summed E-state index contributed by atoms with van der Waals surface area (Å²) in [5.74, 6) is -0.261. The molecule has 1 aliphatic heterocycles. The van der Waals surface area contributed by atoms with Crippen LogP contribution in [0, 0.1) is 5.82 Å². The smallest absolute Gasteiger partial charge is 0.123 e. The maximum Gasteiger partial charge on any atom is 0.123 e. The van der Waals surface area contributed by atoms with E-state index in [1.165, 1.54) is 25.0 Å². The summed E-state index contributed by atoms with van der Waals surface area (Å²) in [7, 11) is 0. The minimum atomic E-state index is -0.261. The van der Waals surface area contributed by atoms with Crippen LogP contribution in [0.25, 0.3) is 11.3 Å². The van der Waals surface area contributed by atoms with Crippen molar-refractivity contribution in [3.63, 3.8) is 0 Å². The summed E-state index contributed by atoms with van der Waals surface area (Å²) in [6.45, 7) is 4.28. The van der Waals surface area contributed by atoms with Gasteiger partial charge in [-0.15, -0.1) is 5.10 Å². The lowest BCUT2D eigenvalue weighted by atomic mass is 10.1. The van der Waals surface area contributed by atoms with Gasteiger partial charge >= 0.3 is 0 Å². The van der Waals surface area contributed by atoms with Gasteiger partial charge in [-0.1, -0.05) is 17.3 Å². The van der Waals surface area contributed by atoms with Crippen molar-refractivity contribution in [2.75, 3.05) is 19.6 Å². The molecule has 0 unspecified atom stereocenters. The highest BCUT2D eigenvalue weighted by atomic mass is 19.1. The predicted molar refractivity (Wildman–Crippen MR) is 79.0 cm³/mol. The number of nitrogens with two attached hydrogens (primary N) is 1. The average Bonchev–Trinajstić information content (AvgIpc) is 3.14. The van der Waals surface area contributed by atoms with Crippen molar-refractivity contribution in [2.24, 2.45) is 5.73 Å². The number of nitrogens with zero attached hydrogens (tertiary/aromatic N) is 4. The summed E-state index contributed by atoms with van der Waals surface area (Å²) in [5, 5.41) is 8.32. The van der Waals surface area contributed by atoms with Crippen LogP contribution < -0.4 is 5.73 Å². The first-order valence-corrected chi connectivity index (χ1v) is 7.38. The van der Waals surface area contributed by atoms with Crippen molar-refractivity contribution in [3.8, 4) is 11.3 Å². The van der Waals surface area contributed by atoms with Gasteiger partial charge in [0.15, 0.2) is 0 Å². The van der Waals surface area contributed by atoms with Crippen LogP contribution in [0.5, 0.6) is 0 Å². The Labute approximate surface area is 123 Å². The molecule has 1 saturated heterocycles. The largest absolute Gasteiger partial charge is 0.325 e. The summed E-state index contributed by atoms with van der Waals surface area (Å²) in [4.78, 5) is 2.42. The van der Waals surface area contributed by atoms with Gasteiger partial charge in [-0.2, -0.15) is 0 Å². The highest BCUT2D eigenvalue weighted by Crippen LogP contribution is 2.23. The molecule has 5 nitrogen and oxygen atoms in total. The van der Waals surface area contributed by atoms with Gasteiger partial charge in [-0.25, -0.2) is 9.07 Å². The van der Waals surface area contributed by atoms with Crippen LogP contribution >= 0.6 is 0 Å². The van der Waals surface area contributed by atoms with Crippen LogP contribution in [0.3, 0.4) is 0 Å². The topological polar surface area (TPSA) is 60.0 Å². The van der Waals surface area contributed by atoms with Gasteiger partial charge in [-0.05, 0) is 38.1 Å². The van der Waals surface area contributed by atoms with Gasteiger partial charge in [0, 0.05) is 18.7 Å². The van der Waals surface area contributed by atoms with E-state index in [9.17, 15) is 4.39 Å². The molecule has 0 spiro atoms.